The largest absolute Gasteiger partial charge is 0.369 e. The van der Waals surface area contributed by atoms with E-state index < -0.39 is 0 Å². The summed E-state index contributed by atoms with van der Waals surface area (Å²) >= 11 is 6.10. The van der Waals surface area contributed by atoms with Crippen LogP contribution in [-0.2, 0) is 0 Å². The molecule has 24 heavy (non-hydrogen) atoms. The van der Waals surface area contributed by atoms with Gasteiger partial charge in [0.1, 0.15) is 11.0 Å². The lowest BCUT2D eigenvalue weighted by atomic mass is 10.2. The number of fused-ring (bicyclic) bond motifs is 1. The van der Waals surface area contributed by atoms with Crippen LogP contribution in [0.3, 0.4) is 0 Å². The first-order valence-corrected chi connectivity index (χ1v) is 8.40. The summed E-state index contributed by atoms with van der Waals surface area (Å²) in [7, 11) is 0. The molecule has 0 saturated heterocycles. The number of anilines is 3. The van der Waals surface area contributed by atoms with Gasteiger partial charge in [-0.25, -0.2) is 14.8 Å². The number of hydrogen-bond acceptors (Lipinski definition) is 4. The van der Waals surface area contributed by atoms with Crippen molar-refractivity contribution in [1.29, 1.82) is 0 Å². The first kappa shape index (κ1) is 16.5. The smallest absolute Gasteiger partial charge is 0.328 e. The maximum atomic E-state index is 12.9. The Bertz CT molecular complexity index is 724. The molecule has 2 aromatic heterocycles. The molecular formula is C17H20ClN5O. The Kier molecular flexibility index (Phi) is 4.85. The van der Waals surface area contributed by atoms with Gasteiger partial charge in [-0.15, -0.1) is 0 Å². The Morgan fingerprint density at radius 1 is 1.38 bits per heavy atom. The average molecular weight is 346 g/mol. The molecule has 2 aromatic rings. The van der Waals surface area contributed by atoms with Crippen molar-refractivity contribution in [2.45, 2.75) is 26.3 Å². The number of rotatable bonds is 2. The topological polar surface area (TPSA) is 61.4 Å². The molecule has 1 aliphatic rings. The predicted octanol–water partition coefficient (Wildman–Crippen LogP) is 3.79. The molecule has 0 bridgehead atoms. The highest BCUT2D eigenvalue weighted by Gasteiger charge is 2.31. The first-order chi connectivity index (χ1) is 11.6. The predicted molar refractivity (Wildman–Crippen MR) is 96.9 cm³/mol. The number of carbonyl (C=O) groups is 1. The fraction of sp³-hybridized carbons (Fsp3) is 0.353. The molecule has 126 valence electrons. The van der Waals surface area contributed by atoms with E-state index in [9.17, 15) is 4.79 Å². The molecule has 2 amide bonds. The Morgan fingerprint density at radius 2 is 2.21 bits per heavy atom. The SMILES string of the molecule is CCN1CC[C@@H](C)N(C(=O)Nc2ccccn2)c2nc(Cl)ccc21. The van der Waals surface area contributed by atoms with Crippen molar-refractivity contribution in [3.05, 3.63) is 41.7 Å². The second kappa shape index (κ2) is 7.05. The minimum Gasteiger partial charge on any atom is -0.369 e. The first-order valence-electron chi connectivity index (χ1n) is 8.03. The lowest BCUT2D eigenvalue weighted by Crippen LogP contribution is -2.42. The van der Waals surface area contributed by atoms with Gasteiger partial charge in [0.25, 0.3) is 0 Å². The average Bonchev–Trinajstić information content (AvgIpc) is 2.71. The number of hydrogen-bond donors (Lipinski definition) is 1. The van der Waals surface area contributed by atoms with Gasteiger partial charge in [-0.2, -0.15) is 0 Å². The van der Waals surface area contributed by atoms with E-state index in [0.29, 0.717) is 16.8 Å². The third-order valence-electron chi connectivity index (χ3n) is 4.15. The van der Waals surface area contributed by atoms with E-state index in [-0.39, 0.29) is 12.1 Å². The van der Waals surface area contributed by atoms with Crippen LogP contribution < -0.4 is 15.1 Å². The van der Waals surface area contributed by atoms with Gasteiger partial charge in [-0.3, -0.25) is 10.2 Å². The van der Waals surface area contributed by atoms with Gasteiger partial charge >= 0.3 is 6.03 Å². The van der Waals surface area contributed by atoms with E-state index in [0.717, 1.165) is 25.2 Å². The van der Waals surface area contributed by atoms with Gasteiger partial charge in [0.05, 0.1) is 5.69 Å². The van der Waals surface area contributed by atoms with E-state index >= 15 is 0 Å². The normalized spacial score (nSPS) is 17.2. The number of amides is 2. The van der Waals surface area contributed by atoms with Crippen LogP contribution in [-0.4, -0.2) is 35.1 Å². The summed E-state index contributed by atoms with van der Waals surface area (Å²) in [4.78, 5) is 25.3. The van der Waals surface area contributed by atoms with Gasteiger partial charge in [0.15, 0.2) is 5.82 Å². The van der Waals surface area contributed by atoms with E-state index in [1.807, 2.05) is 19.1 Å². The fourth-order valence-corrected chi connectivity index (χ4v) is 3.02. The minimum absolute atomic E-state index is 0.00465. The number of carbonyl (C=O) groups excluding carboxylic acids is 1. The molecule has 0 spiro atoms. The zero-order chi connectivity index (χ0) is 17.1. The highest BCUT2D eigenvalue weighted by Crippen LogP contribution is 2.34. The lowest BCUT2D eigenvalue weighted by molar-refractivity contribution is 0.255. The van der Waals surface area contributed by atoms with Crippen molar-refractivity contribution in [3.63, 3.8) is 0 Å². The van der Waals surface area contributed by atoms with Crippen LogP contribution in [0.5, 0.6) is 0 Å². The van der Waals surface area contributed by atoms with Crippen molar-refractivity contribution in [1.82, 2.24) is 9.97 Å². The Balaban J connectivity index is 1.98. The summed E-state index contributed by atoms with van der Waals surface area (Å²) in [6, 6.07) is 8.81. The van der Waals surface area contributed by atoms with Crippen molar-refractivity contribution in [2.24, 2.45) is 0 Å². The van der Waals surface area contributed by atoms with E-state index in [1.54, 1.807) is 29.3 Å². The molecular weight excluding hydrogens is 326 g/mol. The third kappa shape index (κ3) is 3.28. The van der Waals surface area contributed by atoms with Gasteiger partial charge in [-0.05, 0) is 44.5 Å². The van der Waals surface area contributed by atoms with Crippen LogP contribution in [0.15, 0.2) is 36.5 Å². The zero-order valence-electron chi connectivity index (χ0n) is 13.7. The molecule has 7 heteroatoms. The summed E-state index contributed by atoms with van der Waals surface area (Å²) in [5, 5.41) is 3.21. The molecule has 3 rings (SSSR count). The maximum Gasteiger partial charge on any atom is 0.328 e. The van der Waals surface area contributed by atoms with Crippen LogP contribution >= 0.6 is 11.6 Å². The second-order valence-corrected chi connectivity index (χ2v) is 6.10. The molecule has 1 atom stereocenters. The van der Waals surface area contributed by atoms with Gasteiger partial charge < -0.3 is 4.90 Å². The molecule has 0 aliphatic carbocycles. The van der Waals surface area contributed by atoms with Crippen molar-refractivity contribution >= 4 is 35.0 Å². The fourth-order valence-electron chi connectivity index (χ4n) is 2.87. The van der Waals surface area contributed by atoms with Gasteiger partial charge in [0.2, 0.25) is 0 Å². The zero-order valence-corrected chi connectivity index (χ0v) is 14.5. The second-order valence-electron chi connectivity index (χ2n) is 5.71. The van der Waals surface area contributed by atoms with Crippen LogP contribution in [0.4, 0.5) is 22.1 Å². The number of nitrogens with zero attached hydrogens (tertiary/aromatic N) is 4. The van der Waals surface area contributed by atoms with Crippen molar-refractivity contribution in [3.8, 4) is 0 Å². The number of urea groups is 1. The minimum atomic E-state index is -0.254. The molecule has 3 heterocycles. The summed E-state index contributed by atoms with van der Waals surface area (Å²) in [6.45, 7) is 5.82. The van der Waals surface area contributed by atoms with Crippen molar-refractivity contribution < 1.29 is 4.79 Å². The van der Waals surface area contributed by atoms with Crippen LogP contribution in [0.25, 0.3) is 0 Å². The van der Waals surface area contributed by atoms with Crippen LogP contribution in [0.2, 0.25) is 5.15 Å². The van der Waals surface area contributed by atoms with E-state index in [1.165, 1.54) is 0 Å². The lowest BCUT2D eigenvalue weighted by Gasteiger charge is -2.27. The Labute approximate surface area is 146 Å². The molecule has 0 unspecified atom stereocenters. The van der Waals surface area contributed by atoms with E-state index in [4.69, 9.17) is 11.6 Å². The molecule has 6 nitrogen and oxygen atoms in total. The molecule has 0 aromatic carbocycles. The van der Waals surface area contributed by atoms with Crippen molar-refractivity contribution in [2.75, 3.05) is 28.2 Å². The molecule has 0 saturated carbocycles. The number of nitrogens with one attached hydrogen (secondary N) is 1. The summed E-state index contributed by atoms with van der Waals surface area (Å²) in [5.41, 5.74) is 0.919. The van der Waals surface area contributed by atoms with Crippen LogP contribution in [0, 0.1) is 0 Å². The molecule has 1 aliphatic heterocycles. The maximum absolute atomic E-state index is 12.9. The summed E-state index contributed by atoms with van der Waals surface area (Å²) in [5.74, 6) is 1.10. The van der Waals surface area contributed by atoms with E-state index in [2.05, 4.69) is 27.1 Å². The number of pyridine rings is 2. The Morgan fingerprint density at radius 3 is 2.92 bits per heavy atom. The van der Waals surface area contributed by atoms with Gasteiger partial charge in [-0.1, -0.05) is 17.7 Å². The third-order valence-corrected chi connectivity index (χ3v) is 4.36. The highest BCUT2D eigenvalue weighted by atomic mass is 35.5. The van der Waals surface area contributed by atoms with Gasteiger partial charge in [0, 0.05) is 25.3 Å². The molecule has 1 N–H and O–H groups in total. The number of halogens is 1. The monoisotopic (exact) mass is 345 g/mol. The standard InChI is InChI=1S/C17H20ClN5O/c1-3-22-11-9-12(2)23(16-13(22)7-8-14(18)20-16)17(24)21-15-6-4-5-10-19-15/h4-8,10,12H,3,9,11H2,1-2H3,(H,19,21,24)/t12-/m1/s1. The summed E-state index contributed by atoms with van der Waals surface area (Å²) in [6.07, 6.45) is 2.49. The number of aromatic nitrogens is 2. The molecule has 0 radical (unpaired) electrons. The quantitative estimate of drug-likeness (QED) is 0.841. The Hall–Kier alpha value is -2.34. The molecule has 0 fully saturated rings. The summed E-state index contributed by atoms with van der Waals surface area (Å²) < 4.78 is 0. The highest BCUT2D eigenvalue weighted by molar-refractivity contribution is 6.29. The van der Waals surface area contributed by atoms with Crippen LogP contribution in [0.1, 0.15) is 20.3 Å².